The second-order valence-corrected chi connectivity index (χ2v) is 10.9. The van der Waals surface area contributed by atoms with Gasteiger partial charge in [-0.1, -0.05) is 11.2 Å². The van der Waals surface area contributed by atoms with Gasteiger partial charge in [0.25, 0.3) is 0 Å². The molecular formula is C25H32N2O2. The van der Waals surface area contributed by atoms with Crippen LogP contribution in [0.2, 0.25) is 0 Å². The summed E-state index contributed by atoms with van der Waals surface area (Å²) in [5.41, 5.74) is 5.02. The first-order valence-corrected chi connectivity index (χ1v) is 11.1. The molecule has 1 heterocycles. The Kier molecular flexibility index (Phi) is 4.20. The third kappa shape index (κ3) is 3.21. The lowest BCUT2D eigenvalue weighted by Gasteiger charge is -2.55. The molecule has 2 N–H and O–H groups in total. The second kappa shape index (κ2) is 6.45. The van der Waals surface area contributed by atoms with Crippen LogP contribution in [0.3, 0.4) is 0 Å². The maximum Gasteiger partial charge on any atom is 0.163 e. The summed E-state index contributed by atoms with van der Waals surface area (Å²) >= 11 is 0. The lowest BCUT2D eigenvalue weighted by Crippen LogP contribution is -2.50. The van der Waals surface area contributed by atoms with E-state index in [1.807, 2.05) is 13.0 Å². The van der Waals surface area contributed by atoms with Crippen molar-refractivity contribution in [2.75, 3.05) is 0 Å². The molecule has 4 aliphatic carbocycles. The Bertz CT molecular complexity index is 890. The average Bonchev–Trinajstić information content (AvgIpc) is 2.61. The summed E-state index contributed by atoms with van der Waals surface area (Å²) in [5, 5.41) is 15.9. The van der Waals surface area contributed by atoms with Crippen molar-refractivity contribution in [1.29, 1.82) is 0 Å². The number of rotatable bonds is 3. The van der Waals surface area contributed by atoms with E-state index in [2.05, 4.69) is 36.5 Å². The smallest absolute Gasteiger partial charge is 0.163 e. The number of aryl methyl sites for hydroxylation is 1. The van der Waals surface area contributed by atoms with Crippen molar-refractivity contribution in [3.05, 3.63) is 40.5 Å². The van der Waals surface area contributed by atoms with Gasteiger partial charge in [-0.05, 0) is 106 Å². The standard InChI is InChI=1S/C25H32N2O2/c1-15-4-19-13-24(2,3)27-22(21(19)8-20(15)14-26-29)9-23(28)25-10-16-5-17(11-25)7-18(6-16)12-25/h4,8-9,14,16-18,27,29H,5-7,10-13H2,1-3H3. The van der Waals surface area contributed by atoms with E-state index in [1.54, 1.807) is 0 Å². The largest absolute Gasteiger partial charge is 0.411 e. The highest BCUT2D eigenvalue weighted by molar-refractivity contribution is 6.01. The molecule has 1 aromatic rings. The number of hydrogen-bond donors (Lipinski definition) is 2. The topological polar surface area (TPSA) is 61.7 Å². The summed E-state index contributed by atoms with van der Waals surface area (Å²) < 4.78 is 0. The van der Waals surface area contributed by atoms with Crippen LogP contribution >= 0.6 is 0 Å². The van der Waals surface area contributed by atoms with E-state index in [4.69, 9.17) is 5.21 Å². The maximum atomic E-state index is 13.7. The van der Waals surface area contributed by atoms with E-state index in [0.717, 1.165) is 65.8 Å². The van der Waals surface area contributed by atoms with Gasteiger partial charge in [0.2, 0.25) is 0 Å². The number of fused-ring (bicyclic) bond motifs is 1. The zero-order valence-electron chi connectivity index (χ0n) is 17.8. The number of oxime groups is 1. The number of benzene rings is 1. The highest BCUT2D eigenvalue weighted by Crippen LogP contribution is 2.60. The number of allylic oxidation sites excluding steroid dienone is 1. The summed E-state index contributed by atoms with van der Waals surface area (Å²) in [4.78, 5) is 13.7. The zero-order valence-corrected chi connectivity index (χ0v) is 17.8. The summed E-state index contributed by atoms with van der Waals surface area (Å²) in [6, 6.07) is 4.24. The Morgan fingerprint density at radius 1 is 1.14 bits per heavy atom. The summed E-state index contributed by atoms with van der Waals surface area (Å²) in [6.45, 7) is 6.42. The van der Waals surface area contributed by atoms with Gasteiger partial charge in [0.05, 0.1) is 6.21 Å². The van der Waals surface area contributed by atoms with Crippen LogP contribution in [0.4, 0.5) is 0 Å². The van der Waals surface area contributed by atoms with E-state index in [0.29, 0.717) is 5.78 Å². The number of ketones is 1. The van der Waals surface area contributed by atoms with Crippen LogP contribution in [0.25, 0.3) is 5.70 Å². The van der Waals surface area contributed by atoms with E-state index in [-0.39, 0.29) is 11.0 Å². The molecule has 29 heavy (non-hydrogen) atoms. The molecule has 4 heteroatoms. The molecule has 4 bridgehead atoms. The number of nitrogens with one attached hydrogen (secondary N) is 1. The third-order valence-electron chi connectivity index (χ3n) is 7.92. The van der Waals surface area contributed by atoms with Gasteiger partial charge in [0, 0.05) is 28.3 Å². The molecule has 154 valence electrons. The van der Waals surface area contributed by atoms with E-state index in [1.165, 1.54) is 31.0 Å². The molecule has 0 amide bonds. The van der Waals surface area contributed by atoms with Gasteiger partial charge in [0.1, 0.15) is 0 Å². The molecule has 0 atom stereocenters. The van der Waals surface area contributed by atoms with Crippen molar-refractivity contribution in [1.82, 2.24) is 5.32 Å². The molecule has 1 aromatic carbocycles. The first kappa shape index (κ1) is 18.9. The van der Waals surface area contributed by atoms with Crippen LogP contribution in [-0.2, 0) is 11.2 Å². The molecule has 1 aliphatic heterocycles. The van der Waals surface area contributed by atoms with Gasteiger partial charge < -0.3 is 10.5 Å². The molecule has 0 aromatic heterocycles. The summed E-state index contributed by atoms with van der Waals surface area (Å²) in [5.74, 6) is 2.63. The minimum Gasteiger partial charge on any atom is -0.411 e. The van der Waals surface area contributed by atoms with Gasteiger partial charge in [-0.25, -0.2) is 0 Å². The van der Waals surface area contributed by atoms with Crippen molar-refractivity contribution in [2.24, 2.45) is 28.3 Å². The third-order valence-corrected chi connectivity index (χ3v) is 7.92. The average molecular weight is 393 g/mol. The minimum atomic E-state index is -0.120. The van der Waals surface area contributed by atoms with Crippen molar-refractivity contribution in [3.63, 3.8) is 0 Å². The molecule has 0 saturated heterocycles. The van der Waals surface area contributed by atoms with Gasteiger partial charge in [-0.15, -0.1) is 0 Å². The quantitative estimate of drug-likeness (QED) is 0.334. The number of nitrogens with zero attached hydrogens (tertiary/aromatic N) is 1. The van der Waals surface area contributed by atoms with Gasteiger partial charge in [-0.3, -0.25) is 4.79 Å². The van der Waals surface area contributed by atoms with E-state index >= 15 is 0 Å². The fraction of sp³-hybridized carbons (Fsp3) is 0.600. The van der Waals surface area contributed by atoms with Crippen LogP contribution in [0.1, 0.15) is 74.6 Å². The van der Waals surface area contributed by atoms with Gasteiger partial charge >= 0.3 is 0 Å². The van der Waals surface area contributed by atoms with Crippen molar-refractivity contribution in [2.45, 2.75) is 71.3 Å². The normalized spacial score (nSPS) is 35.7. The molecule has 4 nitrogen and oxygen atoms in total. The molecule has 0 spiro atoms. The summed E-state index contributed by atoms with van der Waals surface area (Å²) in [7, 11) is 0. The predicted octanol–water partition coefficient (Wildman–Crippen LogP) is 4.85. The number of hydrogen-bond acceptors (Lipinski definition) is 4. The van der Waals surface area contributed by atoms with Crippen LogP contribution < -0.4 is 5.32 Å². The second-order valence-electron chi connectivity index (χ2n) is 10.9. The first-order chi connectivity index (χ1) is 13.8. The Balaban J connectivity index is 1.54. The Morgan fingerprint density at radius 2 is 1.76 bits per heavy atom. The SMILES string of the molecule is Cc1cc2c(cc1C=NO)C(=CC(=O)C13CC4CC(CC(C4)C1)C3)NC(C)(C)C2. The van der Waals surface area contributed by atoms with E-state index in [9.17, 15) is 4.79 Å². The molecule has 5 aliphatic rings. The van der Waals surface area contributed by atoms with Crippen molar-refractivity contribution in [3.8, 4) is 0 Å². The minimum absolute atomic E-state index is 0.0976. The maximum absolute atomic E-state index is 13.7. The molecule has 4 fully saturated rings. The highest BCUT2D eigenvalue weighted by Gasteiger charge is 2.54. The fourth-order valence-electron chi connectivity index (χ4n) is 7.15. The Labute approximate surface area is 173 Å². The lowest BCUT2D eigenvalue weighted by molar-refractivity contribution is -0.138. The molecule has 0 radical (unpaired) electrons. The number of carbonyl (C=O) groups is 1. The Morgan fingerprint density at radius 3 is 2.34 bits per heavy atom. The Hall–Kier alpha value is -2.10. The van der Waals surface area contributed by atoms with Crippen LogP contribution in [-0.4, -0.2) is 22.7 Å². The number of carbonyl (C=O) groups excluding carboxylic acids is 1. The molecule has 4 saturated carbocycles. The predicted molar refractivity (Wildman–Crippen MR) is 115 cm³/mol. The molecule has 6 rings (SSSR count). The van der Waals surface area contributed by atoms with Crippen molar-refractivity contribution >= 4 is 17.7 Å². The van der Waals surface area contributed by atoms with Crippen LogP contribution in [0.5, 0.6) is 0 Å². The molecule has 0 unspecified atom stereocenters. The fourth-order valence-corrected chi connectivity index (χ4v) is 7.15. The first-order valence-electron chi connectivity index (χ1n) is 11.1. The van der Waals surface area contributed by atoms with Gasteiger partial charge in [-0.2, -0.15) is 0 Å². The zero-order chi connectivity index (χ0) is 20.4. The van der Waals surface area contributed by atoms with E-state index < -0.39 is 0 Å². The highest BCUT2D eigenvalue weighted by atomic mass is 16.4. The lowest BCUT2D eigenvalue weighted by atomic mass is 9.48. The van der Waals surface area contributed by atoms with Crippen LogP contribution in [0.15, 0.2) is 23.4 Å². The van der Waals surface area contributed by atoms with Gasteiger partial charge in [0.15, 0.2) is 5.78 Å². The van der Waals surface area contributed by atoms with Crippen LogP contribution in [0, 0.1) is 30.1 Å². The monoisotopic (exact) mass is 392 g/mol. The van der Waals surface area contributed by atoms with Crippen molar-refractivity contribution < 1.29 is 10.0 Å². The molecular weight excluding hydrogens is 360 g/mol. The summed E-state index contributed by atoms with van der Waals surface area (Å²) in [6.07, 6.45) is 11.6.